The molecule has 1 aromatic rings. The van der Waals surface area contributed by atoms with Crippen molar-refractivity contribution in [1.29, 1.82) is 0 Å². The zero-order valence-corrected chi connectivity index (χ0v) is 17.9. The van der Waals surface area contributed by atoms with Crippen molar-refractivity contribution < 1.29 is 9.53 Å². The van der Waals surface area contributed by atoms with E-state index in [0.29, 0.717) is 31.7 Å². The lowest BCUT2D eigenvalue weighted by Gasteiger charge is -2.35. The van der Waals surface area contributed by atoms with Crippen LogP contribution in [0.3, 0.4) is 0 Å². The van der Waals surface area contributed by atoms with Gasteiger partial charge in [-0.1, -0.05) is 0 Å². The molecule has 1 aromatic heterocycles. The summed E-state index contributed by atoms with van der Waals surface area (Å²) in [6.07, 6.45) is 2.39. The summed E-state index contributed by atoms with van der Waals surface area (Å²) in [5, 5.41) is 7.63. The minimum Gasteiger partial charge on any atom is -0.383 e. The summed E-state index contributed by atoms with van der Waals surface area (Å²) < 4.78 is 7.09. The summed E-state index contributed by atoms with van der Waals surface area (Å²) in [6.45, 7) is 13.1. The van der Waals surface area contributed by atoms with E-state index in [4.69, 9.17) is 4.74 Å². The second kappa shape index (κ2) is 10.1. The summed E-state index contributed by atoms with van der Waals surface area (Å²) in [6, 6.07) is 0.551. The minimum absolute atomic E-state index is 0.0172. The first kappa shape index (κ1) is 21.7. The fourth-order valence-electron chi connectivity index (χ4n) is 3.77. The van der Waals surface area contributed by atoms with E-state index >= 15 is 0 Å². The van der Waals surface area contributed by atoms with E-state index in [1.807, 2.05) is 30.5 Å². The number of aromatic nitrogens is 2. The van der Waals surface area contributed by atoms with E-state index in [1.54, 1.807) is 7.11 Å². The number of likely N-dealkylation sites (tertiary alicyclic amines) is 1. The Morgan fingerprint density at radius 2 is 2.15 bits per heavy atom. The second-order valence-electron chi connectivity index (χ2n) is 7.97. The maximum absolute atomic E-state index is 12.9. The number of nitrogens with zero attached hydrogens (tertiary/aromatic N) is 4. The van der Waals surface area contributed by atoms with Gasteiger partial charge in [-0.3, -0.25) is 4.68 Å². The Labute approximate surface area is 164 Å². The smallest absolute Gasteiger partial charge is 0.317 e. The molecule has 0 saturated carbocycles. The van der Waals surface area contributed by atoms with Crippen LogP contribution in [0.4, 0.5) is 4.79 Å². The first-order chi connectivity index (χ1) is 12.8. The van der Waals surface area contributed by atoms with E-state index in [0.717, 1.165) is 30.0 Å². The van der Waals surface area contributed by atoms with Crippen molar-refractivity contribution in [3.8, 4) is 0 Å². The molecule has 0 bridgehead atoms. The molecule has 1 aliphatic heterocycles. The molecule has 0 aliphatic carbocycles. The summed E-state index contributed by atoms with van der Waals surface area (Å²) in [5.41, 5.74) is 3.19. The Balaban J connectivity index is 1.95. The Morgan fingerprint density at radius 3 is 2.74 bits per heavy atom. The summed E-state index contributed by atoms with van der Waals surface area (Å²) >= 11 is 0. The van der Waals surface area contributed by atoms with Gasteiger partial charge in [0.25, 0.3) is 0 Å². The SMILES string of the molecule is COCCN(Cc1c(C)nn(C)c1C)C(=O)NC[C@H]1CCCN(C(C)C)C1. The van der Waals surface area contributed by atoms with Gasteiger partial charge in [0.1, 0.15) is 0 Å². The number of aryl methyl sites for hydroxylation is 2. The number of rotatable bonds is 8. The van der Waals surface area contributed by atoms with Gasteiger partial charge >= 0.3 is 6.03 Å². The quantitative estimate of drug-likeness (QED) is 0.753. The van der Waals surface area contributed by atoms with Crippen molar-refractivity contribution in [1.82, 2.24) is 24.9 Å². The Bertz CT molecular complexity index is 614. The molecule has 7 nitrogen and oxygen atoms in total. The van der Waals surface area contributed by atoms with Crippen LogP contribution in [-0.4, -0.2) is 71.5 Å². The molecule has 0 unspecified atom stereocenters. The van der Waals surface area contributed by atoms with Crippen LogP contribution in [-0.2, 0) is 18.3 Å². The number of ether oxygens (including phenoxy) is 1. The molecule has 2 rings (SSSR count). The molecule has 0 aromatic carbocycles. The number of hydrogen-bond donors (Lipinski definition) is 1. The maximum Gasteiger partial charge on any atom is 0.317 e. The normalized spacial score (nSPS) is 18.1. The van der Waals surface area contributed by atoms with Gasteiger partial charge in [0.2, 0.25) is 0 Å². The third-order valence-electron chi connectivity index (χ3n) is 5.68. The number of urea groups is 1. The Kier molecular flexibility index (Phi) is 8.10. The lowest BCUT2D eigenvalue weighted by molar-refractivity contribution is 0.130. The molecular weight excluding hydrogens is 342 g/mol. The van der Waals surface area contributed by atoms with Crippen molar-refractivity contribution in [3.63, 3.8) is 0 Å². The van der Waals surface area contributed by atoms with Crippen molar-refractivity contribution in [2.45, 2.75) is 53.1 Å². The lowest BCUT2D eigenvalue weighted by Crippen LogP contribution is -2.47. The van der Waals surface area contributed by atoms with Gasteiger partial charge < -0.3 is 19.9 Å². The molecule has 2 amide bonds. The minimum atomic E-state index is -0.0172. The van der Waals surface area contributed by atoms with Crippen molar-refractivity contribution in [3.05, 3.63) is 17.0 Å². The molecular formula is C20H37N5O2. The standard InChI is InChI=1S/C20H37N5O2/c1-15(2)24-9-7-8-18(13-24)12-21-20(26)25(10-11-27-6)14-19-16(3)22-23(5)17(19)4/h15,18H,7-14H2,1-6H3,(H,21,26)/t18-/m1/s1. The van der Waals surface area contributed by atoms with E-state index in [9.17, 15) is 4.79 Å². The van der Waals surface area contributed by atoms with Gasteiger partial charge in [0.05, 0.1) is 18.8 Å². The van der Waals surface area contributed by atoms with Crippen LogP contribution >= 0.6 is 0 Å². The number of carbonyl (C=O) groups excluding carboxylic acids is 1. The summed E-state index contributed by atoms with van der Waals surface area (Å²) in [4.78, 5) is 17.2. The first-order valence-electron chi connectivity index (χ1n) is 10.1. The van der Waals surface area contributed by atoms with Gasteiger partial charge in [-0.2, -0.15) is 5.10 Å². The molecule has 1 N–H and O–H groups in total. The van der Waals surface area contributed by atoms with Crippen LogP contribution in [0.2, 0.25) is 0 Å². The fraction of sp³-hybridized carbons (Fsp3) is 0.800. The number of amides is 2. The molecule has 2 heterocycles. The van der Waals surface area contributed by atoms with Crippen LogP contribution < -0.4 is 5.32 Å². The first-order valence-corrected chi connectivity index (χ1v) is 10.1. The zero-order chi connectivity index (χ0) is 20.0. The average molecular weight is 380 g/mol. The Hall–Kier alpha value is -1.60. The van der Waals surface area contributed by atoms with Crippen LogP contribution in [0.25, 0.3) is 0 Å². The average Bonchev–Trinajstić information content (AvgIpc) is 2.89. The zero-order valence-electron chi connectivity index (χ0n) is 17.9. The van der Waals surface area contributed by atoms with E-state index in [-0.39, 0.29) is 6.03 Å². The highest BCUT2D eigenvalue weighted by molar-refractivity contribution is 5.74. The predicted molar refractivity (Wildman–Crippen MR) is 108 cm³/mol. The second-order valence-corrected chi connectivity index (χ2v) is 7.97. The van der Waals surface area contributed by atoms with Crippen molar-refractivity contribution in [2.24, 2.45) is 13.0 Å². The number of nitrogens with one attached hydrogen (secondary N) is 1. The van der Waals surface area contributed by atoms with Crippen LogP contribution in [0.1, 0.15) is 43.6 Å². The third-order valence-corrected chi connectivity index (χ3v) is 5.68. The van der Waals surface area contributed by atoms with Crippen molar-refractivity contribution >= 4 is 6.03 Å². The van der Waals surface area contributed by atoms with Gasteiger partial charge in [-0.15, -0.1) is 0 Å². The highest BCUT2D eigenvalue weighted by Crippen LogP contribution is 2.18. The highest BCUT2D eigenvalue weighted by Gasteiger charge is 2.23. The van der Waals surface area contributed by atoms with Gasteiger partial charge in [0, 0.05) is 51.1 Å². The molecule has 0 radical (unpaired) electrons. The number of piperidine rings is 1. The largest absolute Gasteiger partial charge is 0.383 e. The monoisotopic (exact) mass is 379 g/mol. The molecule has 1 saturated heterocycles. The predicted octanol–water partition coefficient (Wildman–Crippen LogP) is 2.32. The fourth-order valence-corrected chi connectivity index (χ4v) is 3.77. The Morgan fingerprint density at radius 1 is 1.41 bits per heavy atom. The molecule has 0 spiro atoms. The molecule has 154 valence electrons. The van der Waals surface area contributed by atoms with Gasteiger partial charge in [-0.25, -0.2) is 4.79 Å². The number of hydrogen-bond acceptors (Lipinski definition) is 4. The van der Waals surface area contributed by atoms with E-state index < -0.39 is 0 Å². The van der Waals surface area contributed by atoms with E-state index in [1.165, 1.54) is 19.4 Å². The lowest BCUT2D eigenvalue weighted by atomic mass is 9.97. The summed E-state index contributed by atoms with van der Waals surface area (Å²) in [5.74, 6) is 0.524. The van der Waals surface area contributed by atoms with Gasteiger partial charge in [0.15, 0.2) is 0 Å². The van der Waals surface area contributed by atoms with Crippen LogP contribution in [0.15, 0.2) is 0 Å². The molecule has 1 atom stereocenters. The van der Waals surface area contributed by atoms with Crippen LogP contribution in [0.5, 0.6) is 0 Å². The molecule has 7 heteroatoms. The molecule has 1 aliphatic rings. The number of carbonyl (C=O) groups is 1. The van der Waals surface area contributed by atoms with Gasteiger partial charge in [-0.05, 0) is 53.0 Å². The molecule has 27 heavy (non-hydrogen) atoms. The third kappa shape index (κ3) is 5.94. The van der Waals surface area contributed by atoms with E-state index in [2.05, 4.69) is 29.2 Å². The van der Waals surface area contributed by atoms with Crippen LogP contribution in [0, 0.1) is 19.8 Å². The van der Waals surface area contributed by atoms with Crippen molar-refractivity contribution in [2.75, 3.05) is 39.9 Å². The topological polar surface area (TPSA) is 62.6 Å². The highest BCUT2D eigenvalue weighted by atomic mass is 16.5. The number of methoxy groups -OCH3 is 1. The summed E-state index contributed by atoms with van der Waals surface area (Å²) in [7, 11) is 3.61. The molecule has 1 fully saturated rings. The maximum atomic E-state index is 12.9.